The second-order valence-electron chi connectivity index (χ2n) is 7.67. The molecule has 6 heteroatoms. The number of rotatable bonds is 10. The van der Waals surface area contributed by atoms with Crippen LogP contribution in [0.15, 0.2) is 46.9 Å². The van der Waals surface area contributed by atoms with Crippen LogP contribution in [0.25, 0.3) is 0 Å². The van der Waals surface area contributed by atoms with Gasteiger partial charge in [-0.2, -0.15) is 0 Å². The molecule has 0 heterocycles. The van der Waals surface area contributed by atoms with Gasteiger partial charge in [0.2, 0.25) is 0 Å². The maximum atomic E-state index is 12.8. The molecule has 0 aliphatic heterocycles. The molecule has 0 aromatic heterocycles. The summed E-state index contributed by atoms with van der Waals surface area (Å²) in [4.78, 5) is 27.4. The largest absolute Gasteiger partial charge is 0.492 e. The van der Waals surface area contributed by atoms with E-state index in [1.807, 2.05) is 11.0 Å². The van der Waals surface area contributed by atoms with Crippen LogP contribution in [0.4, 0.5) is 5.69 Å². The number of amides is 2. The van der Waals surface area contributed by atoms with Crippen LogP contribution in [0, 0.1) is 5.92 Å². The first-order chi connectivity index (χ1) is 14.3. The molecule has 0 atom stereocenters. The molecule has 0 aliphatic carbocycles. The molecule has 0 saturated carbocycles. The molecule has 0 spiro atoms. The van der Waals surface area contributed by atoms with E-state index in [4.69, 9.17) is 4.74 Å². The first kappa shape index (κ1) is 23.9. The highest BCUT2D eigenvalue weighted by Gasteiger charge is 2.16. The van der Waals surface area contributed by atoms with Crippen LogP contribution in [0.3, 0.4) is 0 Å². The Labute approximate surface area is 187 Å². The fraction of sp³-hybridized carbons (Fsp3) is 0.417. The van der Waals surface area contributed by atoms with E-state index in [9.17, 15) is 9.59 Å². The van der Waals surface area contributed by atoms with Gasteiger partial charge in [-0.3, -0.25) is 9.59 Å². The predicted octanol–water partition coefficient (Wildman–Crippen LogP) is 6.00. The maximum Gasteiger partial charge on any atom is 0.259 e. The van der Waals surface area contributed by atoms with Crippen LogP contribution in [0.1, 0.15) is 61.3 Å². The van der Waals surface area contributed by atoms with Crippen LogP contribution in [-0.2, 0) is 0 Å². The van der Waals surface area contributed by atoms with Gasteiger partial charge in [-0.15, -0.1) is 0 Å². The topological polar surface area (TPSA) is 58.6 Å². The second-order valence-corrected chi connectivity index (χ2v) is 8.58. The highest BCUT2D eigenvalue weighted by Crippen LogP contribution is 2.25. The fourth-order valence-corrected chi connectivity index (χ4v) is 3.35. The first-order valence-electron chi connectivity index (χ1n) is 10.5. The summed E-state index contributed by atoms with van der Waals surface area (Å²) in [6.45, 7) is 10.3. The Balaban J connectivity index is 2.13. The Kier molecular flexibility index (Phi) is 9.37. The van der Waals surface area contributed by atoms with Crippen molar-refractivity contribution in [1.82, 2.24) is 4.90 Å². The summed E-state index contributed by atoms with van der Waals surface area (Å²) in [5, 5.41) is 2.89. The Hall–Kier alpha value is -2.34. The van der Waals surface area contributed by atoms with Crippen molar-refractivity contribution in [2.24, 2.45) is 5.92 Å². The second kappa shape index (κ2) is 11.7. The zero-order chi connectivity index (χ0) is 22.1. The molecule has 5 nitrogen and oxygen atoms in total. The molecule has 0 unspecified atom stereocenters. The van der Waals surface area contributed by atoms with Crippen molar-refractivity contribution in [3.63, 3.8) is 0 Å². The number of hydrogen-bond acceptors (Lipinski definition) is 3. The molecule has 162 valence electrons. The highest BCUT2D eigenvalue weighted by molar-refractivity contribution is 9.10. The van der Waals surface area contributed by atoms with E-state index >= 15 is 0 Å². The Bertz CT molecular complexity index is 844. The molecule has 2 aromatic carbocycles. The van der Waals surface area contributed by atoms with Gasteiger partial charge >= 0.3 is 0 Å². The van der Waals surface area contributed by atoms with Crippen molar-refractivity contribution in [3.8, 4) is 5.75 Å². The number of nitrogens with zero attached hydrogens (tertiary/aromatic N) is 1. The lowest BCUT2D eigenvalue weighted by Crippen LogP contribution is -2.32. The van der Waals surface area contributed by atoms with E-state index < -0.39 is 0 Å². The molecular formula is C24H31BrN2O3. The zero-order valence-corrected chi connectivity index (χ0v) is 19.8. The number of anilines is 1. The smallest absolute Gasteiger partial charge is 0.259 e. The minimum absolute atomic E-state index is 0.0212. The van der Waals surface area contributed by atoms with Gasteiger partial charge in [-0.1, -0.05) is 43.6 Å². The molecule has 30 heavy (non-hydrogen) atoms. The van der Waals surface area contributed by atoms with E-state index in [-0.39, 0.29) is 11.8 Å². The highest BCUT2D eigenvalue weighted by atomic mass is 79.9. The van der Waals surface area contributed by atoms with Gasteiger partial charge in [0.25, 0.3) is 11.8 Å². The summed E-state index contributed by atoms with van der Waals surface area (Å²) in [5.74, 6) is 0.668. The van der Waals surface area contributed by atoms with Gasteiger partial charge in [0.15, 0.2) is 0 Å². The monoisotopic (exact) mass is 474 g/mol. The molecule has 0 aliphatic rings. The predicted molar refractivity (Wildman–Crippen MR) is 125 cm³/mol. The summed E-state index contributed by atoms with van der Waals surface area (Å²) >= 11 is 3.42. The Morgan fingerprint density at radius 2 is 1.67 bits per heavy atom. The third-order valence-corrected chi connectivity index (χ3v) is 4.92. The van der Waals surface area contributed by atoms with Crippen molar-refractivity contribution in [1.29, 1.82) is 0 Å². The zero-order valence-electron chi connectivity index (χ0n) is 18.2. The maximum absolute atomic E-state index is 12.8. The molecule has 0 bridgehead atoms. The SMILES string of the molecule is CCCN(CCC)C(=O)c1ccc(NC(=O)c2cc(Br)ccc2OCC(C)C)cc1. The lowest BCUT2D eigenvalue weighted by Gasteiger charge is -2.21. The van der Waals surface area contributed by atoms with Gasteiger partial charge < -0.3 is 15.0 Å². The summed E-state index contributed by atoms with van der Waals surface area (Å²) in [5.41, 5.74) is 1.71. The van der Waals surface area contributed by atoms with Crippen LogP contribution in [0.2, 0.25) is 0 Å². The molecule has 0 radical (unpaired) electrons. The number of nitrogens with one attached hydrogen (secondary N) is 1. The number of ether oxygens (including phenoxy) is 1. The lowest BCUT2D eigenvalue weighted by molar-refractivity contribution is 0.0755. The summed E-state index contributed by atoms with van der Waals surface area (Å²) in [7, 11) is 0. The van der Waals surface area contributed by atoms with Crippen LogP contribution in [0.5, 0.6) is 5.75 Å². The summed E-state index contributed by atoms with van der Waals surface area (Å²) in [6.07, 6.45) is 1.85. The molecule has 0 fully saturated rings. The minimum Gasteiger partial charge on any atom is -0.492 e. The molecule has 0 saturated heterocycles. The van der Waals surface area contributed by atoms with Crippen molar-refractivity contribution in [2.45, 2.75) is 40.5 Å². The Morgan fingerprint density at radius 1 is 1.03 bits per heavy atom. The van der Waals surface area contributed by atoms with Crippen molar-refractivity contribution >= 4 is 33.4 Å². The van der Waals surface area contributed by atoms with Gasteiger partial charge in [0.1, 0.15) is 5.75 Å². The number of carbonyl (C=O) groups excluding carboxylic acids is 2. The van der Waals surface area contributed by atoms with Crippen LogP contribution in [-0.4, -0.2) is 36.4 Å². The van der Waals surface area contributed by atoms with E-state index in [1.165, 1.54) is 0 Å². The van der Waals surface area contributed by atoms with Gasteiger partial charge in [0.05, 0.1) is 12.2 Å². The summed E-state index contributed by atoms with van der Waals surface area (Å²) < 4.78 is 6.61. The fourth-order valence-electron chi connectivity index (χ4n) is 2.99. The van der Waals surface area contributed by atoms with Gasteiger partial charge in [-0.25, -0.2) is 0 Å². The quantitative estimate of drug-likeness (QED) is 0.459. The Morgan fingerprint density at radius 3 is 2.23 bits per heavy atom. The normalized spacial score (nSPS) is 10.7. The van der Waals surface area contributed by atoms with Crippen molar-refractivity contribution < 1.29 is 14.3 Å². The number of carbonyl (C=O) groups is 2. The molecule has 1 N–H and O–H groups in total. The molecule has 2 rings (SSSR count). The van der Waals surface area contributed by atoms with E-state index in [2.05, 4.69) is 48.9 Å². The average Bonchev–Trinajstić information content (AvgIpc) is 2.72. The molecular weight excluding hydrogens is 444 g/mol. The van der Waals surface area contributed by atoms with E-state index in [0.717, 1.165) is 30.4 Å². The molecule has 2 aromatic rings. The first-order valence-corrected chi connectivity index (χ1v) is 11.3. The number of halogens is 1. The van der Waals surface area contributed by atoms with Crippen molar-refractivity contribution in [3.05, 3.63) is 58.1 Å². The number of hydrogen-bond donors (Lipinski definition) is 1. The van der Waals surface area contributed by atoms with Gasteiger partial charge in [0, 0.05) is 28.8 Å². The lowest BCUT2D eigenvalue weighted by atomic mass is 10.1. The third kappa shape index (κ3) is 6.87. The number of benzene rings is 2. The molecule has 2 amide bonds. The minimum atomic E-state index is -0.257. The van der Waals surface area contributed by atoms with E-state index in [0.29, 0.717) is 35.1 Å². The van der Waals surface area contributed by atoms with Crippen molar-refractivity contribution in [2.75, 3.05) is 25.0 Å². The van der Waals surface area contributed by atoms with Crippen LogP contribution >= 0.6 is 15.9 Å². The van der Waals surface area contributed by atoms with Crippen LogP contribution < -0.4 is 10.1 Å². The average molecular weight is 475 g/mol. The standard InChI is InChI=1S/C24H31BrN2O3/c1-5-13-27(14-6-2)24(29)18-7-10-20(11-8-18)26-23(28)21-15-19(25)9-12-22(21)30-16-17(3)4/h7-12,15,17H,5-6,13-14,16H2,1-4H3,(H,26,28). The van der Waals surface area contributed by atoms with E-state index in [1.54, 1.807) is 36.4 Å². The summed E-state index contributed by atoms with van der Waals surface area (Å²) in [6, 6.07) is 12.4. The van der Waals surface area contributed by atoms with Gasteiger partial charge in [-0.05, 0) is 61.2 Å². The third-order valence-electron chi connectivity index (χ3n) is 4.42.